The second-order valence-electron chi connectivity index (χ2n) is 8.02. The van der Waals surface area contributed by atoms with E-state index in [4.69, 9.17) is 0 Å². The first-order valence-electron chi connectivity index (χ1n) is 9.85. The van der Waals surface area contributed by atoms with Gasteiger partial charge in [0.1, 0.15) is 0 Å². The molecule has 0 saturated heterocycles. The van der Waals surface area contributed by atoms with Crippen molar-refractivity contribution >= 4 is 17.4 Å². The van der Waals surface area contributed by atoms with Crippen LogP contribution in [0.5, 0.6) is 0 Å². The molecule has 0 fully saturated rings. The average Bonchev–Trinajstić information content (AvgIpc) is 2.74. The van der Waals surface area contributed by atoms with Crippen LogP contribution < -0.4 is 10.2 Å². The second kappa shape index (κ2) is 8.52. The molecule has 3 rings (SSSR count). The van der Waals surface area contributed by atoms with E-state index in [-0.39, 0.29) is 11.6 Å². The van der Waals surface area contributed by atoms with Crippen LogP contribution in [0.3, 0.4) is 0 Å². The molecule has 0 bridgehead atoms. The summed E-state index contributed by atoms with van der Waals surface area (Å²) in [7, 11) is 0. The number of nitrogens with zero attached hydrogens (tertiary/aromatic N) is 3. The highest BCUT2D eigenvalue weighted by molar-refractivity contribution is 6.10. The molecule has 1 aliphatic heterocycles. The molecule has 1 aromatic carbocycles. The van der Waals surface area contributed by atoms with Gasteiger partial charge in [-0.1, -0.05) is 25.1 Å². The first-order chi connectivity index (χ1) is 14.6. The van der Waals surface area contributed by atoms with Crippen LogP contribution in [0, 0.1) is 17.2 Å². The van der Waals surface area contributed by atoms with Crippen molar-refractivity contribution in [2.75, 3.05) is 18.0 Å². The zero-order chi connectivity index (χ0) is 22.8. The van der Waals surface area contributed by atoms with E-state index in [1.807, 2.05) is 6.92 Å². The number of pyridine rings is 1. The molecule has 5 nitrogen and oxygen atoms in total. The summed E-state index contributed by atoms with van der Waals surface area (Å²) in [5.41, 5.74) is -0.399. The highest BCUT2D eigenvalue weighted by Gasteiger charge is 2.38. The summed E-state index contributed by atoms with van der Waals surface area (Å²) in [6.45, 7) is 6.34. The smallest absolute Gasteiger partial charge is 0.313 e. The SMILES string of the molecule is C[C@H]1CNCC=C1C(=O)N(c1ccc(C(C)(C)C#N)cc1)c1ncccc1C(F)(F)F. The largest absolute Gasteiger partial charge is 0.419 e. The van der Waals surface area contributed by atoms with Gasteiger partial charge in [-0.25, -0.2) is 4.98 Å². The van der Waals surface area contributed by atoms with Crippen molar-refractivity contribution in [1.82, 2.24) is 10.3 Å². The Morgan fingerprint density at radius 2 is 1.90 bits per heavy atom. The number of amides is 1. The fourth-order valence-corrected chi connectivity index (χ4v) is 3.44. The molecule has 1 aliphatic rings. The van der Waals surface area contributed by atoms with Gasteiger partial charge in [0.15, 0.2) is 5.82 Å². The monoisotopic (exact) mass is 428 g/mol. The van der Waals surface area contributed by atoms with Gasteiger partial charge in [-0.05, 0) is 49.6 Å². The van der Waals surface area contributed by atoms with Gasteiger partial charge in [0, 0.05) is 24.9 Å². The van der Waals surface area contributed by atoms with Crippen LogP contribution in [0.15, 0.2) is 54.2 Å². The minimum absolute atomic E-state index is 0.168. The van der Waals surface area contributed by atoms with Gasteiger partial charge in [-0.3, -0.25) is 9.69 Å². The highest BCUT2D eigenvalue weighted by Crippen LogP contribution is 2.39. The number of nitriles is 1. The zero-order valence-corrected chi connectivity index (χ0v) is 17.5. The number of aromatic nitrogens is 1. The summed E-state index contributed by atoms with van der Waals surface area (Å²) in [6, 6.07) is 10.7. The van der Waals surface area contributed by atoms with E-state index >= 15 is 0 Å². The van der Waals surface area contributed by atoms with E-state index in [0.717, 1.165) is 11.0 Å². The van der Waals surface area contributed by atoms with Crippen LogP contribution in [-0.2, 0) is 16.4 Å². The van der Waals surface area contributed by atoms with E-state index in [1.54, 1.807) is 44.2 Å². The molecule has 2 aromatic rings. The predicted octanol–water partition coefficient (Wildman–Crippen LogP) is 4.73. The summed E-state index contributed by atoms with van der Waals surface area (Å²) in [6.07, 6.45) is -1.75. The number of alkyl halides is 3. The lowest BCUT2D eigenvalue weighted by molar-refractivity contribution is -0.137. The van der Waals surface area contributed by atoms with Gasteiger partial charge in [0.05, 0.1) is 22.7 Å². The zero-order valence-electron chi connectivity index (χ0n) is 17.5. The number of carbonyl (C=O) groups is 1. The van der Waals surface area contributed by atoms with Gasteiger partial charge >= 0.3 is 6.18 Å². The molecule has 2 heterocycles. The number of hydrogen-bond acceptors (Lipinski definition) is 4. The highest BCUT2D eigenvalue weighted by atomic mass is 19.4. The maximum atomic E-state index is 13.7. The summed E-state index contributed by atoms with van der Waals surface area (Å²) in [5.74, 6) is -1.19. The molecular weight excluding hydrogens is 405 g/mol. The molecule has 0 aliphatic carbocycles. The molecule has 8 heteroatoms. The minimum Gasteiger partial charge on any atom is -0.313 e. The number of hydrogen-bond donors (Lipinski definition) is 1. The van der Waals surface area contributed by atoms with Crippen LogP contribution in [0.25, 0.3) is 0 Å². The third-order valence-electron chi connectivity index (χ3n) is 5.33. The van der Waals surface area contributed by atoms with Gasteiger partial charge < -0.3 is 5.32 Å². The number of halogens is 3. The Labute approximate surface area is 179 Å². The van der Waals surface area contributed by atoms with Crippen LogP contribution >= 0.6 is 0 Å². The summed E-state index contributed by atoms with van der Waals surface area (Å²) in [4.78, 5) is 18.5. The minimum atomic E-state index is -4.68. The standard InChI is InChI=1S/C23H23F3N4O/c1-15-13-28-12-10-18(15)21(31)30(20-19(23(24,25)26)5-4-11-29-20)17-8-6-16(7-9-17)22(2,3)14-27/h4-11,15,28H,12-13H2,1-3H3/t15-/m0/s1. The van der Waals surface area contributed by atoms with Gasteiger partial charge in [-0.2, -0.15) is 18.4 Å². The van der Waals surface area contributed by atoms with Crippen molar-refractivity contribution in [3.8, 4) is 6.07 Å². The predicted molar refractivity (Wildman–Crippen MR) is 112 cm³/mol. The average molecular weight is 428 g/mol. The van der Waals surface area contributed by atoms with Gasteiger partial charge in [-0.15, -0.1) is 0 Å². The number of anilines is 2. The van der Waals surface area contributed by atoms with Gasteiger partial charge in [0.2, 0.25) is 0 Å². The Kier molecular flexibility index (Phi) is 6.18. The molecule has 162 valence electrons. The third kappa shape index (κ3) is 4.62. The van der Waals surface area contributed by atoms with Crippen LogP contribution in [-0.4, -0.2) is 24.0 Å². The fraction of sp³-hybridized carbons (Fsp3) is 0.348. The Hall–Kier alpha value is -3.18. The second-order valence-corrected chi connectivity index (χ2v) is 8.02. The third-order valence-corrected chi connectivity index (χ3v) is 5.33. The molecule has 0 radical (unpaired) electrons. The quantitative estimate of drug-likeness (QED) is 0.764. The van der Waals surface area contributed by atoms with Crippen molar-refractivity contribution in [2.24, 2.45) is 5.92 Å². The maximum absolute atomic E-state index is 13.7. The molecule has 0 unspecified atom stereocenters. The molecule has 1 amide bonds. The van der Waals surface area contributed by atoms with Crippen LogP contribution in [0.4, 0.5) is 24.7 Å². The van der Waals surface area contributed by atoms with Crippen LogP contribution in [0.1, 0.15) is 31.9 Å². The molecule has 1 atom stereocenters. The van der Waals surface area contributed by atoms with Crippen LogP contribution in [0.2, 0.25) is 0 Å². The summed E-state index contributed by atoms with van der Waals surface area (Å²) >= 11 is 0. The lowest BCUT2D eigenvalue weighted by Crippen LogP contribution is -2.37. The van der Waals surface area contributed by atoms with Crippen molar-refractivity contribution in [2.45, 2.75) is 32.4 Å². The van der Waals surface area contributed by atoms with E-state index in [1.165, 1.54) is 12.3 Å². The van der Waals surface area contributed by atoms with E-state index in [0.29, 0.717) is 24.2 Å². The molecular formula is C23H23F3N4O. The van der Waals surface area contributed by atoms with Crippen molar-refractivity contribution in [1.29, 1.82) is 5.26 Å². The molecule has 1 N–H and O–H groups in total. The summed E-state index contributed by atoms with van der Waals surface area (Å²) < 4.78 is 41.2. The normalized spacial score (nSPS) is 16.9. The number of nitrogens with one attached hydrogen (secondary N) is 1. The molecule has 31 heavy (non-hydrogen) atoms. The first kappa shape index (κ1) is 22.5. The number of carbonyl (C=O) groups excluding carboxylic acids is 1. The van der Waals surface area contributed by atoms with Crippen molar-refractivity contribution in [3.05, 3.63) is 65.4 Å². The van der Waals surface area contributed by atoms with E-state index in [9.17, 15) is 23.2 Å². The molecule has 1 aromatic heterocycles. The Morgan fingerprint density at radius 3 is 2.48 bits per heavy atom. The van der Waals surface area contributed by atoms with Gasteiger partial charge in [0.25, 0.3) is 5.91 Å². The van der Waals surface area contributed by atoms with E-state index < -0.39 is 28.9 Å². The first-order valence-corrected chi connectivity index (χ1v) is 9.85. The number of benzene rings is 1. The molecule has 0 spiro atoms. The maximum Gasteiger partial charge on any atom is 0.419 e. The van der Waals surface area contributed by atoms with E-state index in [2.05, 4.69) is 16.4 Å². The Bertz CT molecular complexity index is 1040. The summed E-state index contributed by atoms with van der Waals surface area (Å²) in [5, 5.41) is 12.5. The number of rotatable bonds is 4. The lowest BCUT2D eigenvalue weighted by Gasteiger charge is -2.29. The lowest BCUT2D eigenvalue weighted by atomic mass is 9.86. The Morgan fingerprint density at radius 1 is 1.23 bits per heavy atom. The van der Waals surface area contributed by atoms with Crippen molar-refractivity contribution < 1.29 is 18.0 Å². The van der Waals surface area contributed by atoms with Crippen molar-refractivity contribution in [3.63, 3.8) is 0 Å². The topological polar surface area (TPSA) is 69.0 Å². The molecule has 0 saturated carbocycles. The fourth-order valence-electron chi connectivity index (χ4n) is 3.44. The Balaban J connectivity index is 2.16.